The topological polar surface area (TPSA) is 43.7 Å². The predicted octanol–water partition coefficient (Wildman–Crippen LogP) is 0.991. The predicted molar refractivity (Wildman–Crippen MR) is 64.5 cm³/mol. The van der Waals surface area contributed by atoms with Crippen molar-refractivity contribution in [1.29, 1.82) is 0 Å². The second-order valence-corrected chi connectivity index (χ2v) is 6.75. The van der Waals surface area contributed by atoms with Crippen LogP contribution in [-0.4, -0.2) is 45.9 Å². The summed E-state index contributed by atoms with van der Waals surface area (Å²) < 4.78 is 0. The molecule has 0 aromatic heterocycles. The molecule has 0 radical (unpaired) electrons. The summed E-state index contributed by atoms with van der Waals surface area (Å²) in [5.74, 6) is 2.13. The molecule has 3 heteroatoms. The van der Waals surface area contributed by atoms with Crippen LogP contribution in [0.25, 0.3) is 0 Å². The van der Waals surface area contributed by atoms with Crippen LogP contribution in [-0.2, 0) is 0 Å². The van der Waals surface area contributed by atoms with Gasteiger partial charge >= 0.3 is 0 Å². The number of rotatable bonds is 1. The van der Waals surface area contributed by atoms with E-state index in [1.807, 2.05) is 0 Å². The van der Waals surface area contributed by atoms with E-state index < -0.39 is 0 Å². The Morgan fingerprint density at radius 1 is 0.941 bits per heavy atom. The molecule has 0 spiro atoms. The summed E-state index contributed by atoms with van der Waals surface area (Å²) in [6.07, 6.45) is 6.75. The normalized spacial score (nSPS) is 57.9. The fraction of sp³-hybridized carbons (Fsp3) is 1.00. The Morgan fingerprint density at radius 3 is 2.53 bits per heavy atom. The second kappa shape index (κ2) is 3.69. The van der Waals surface area contributed by atoms with Gasteiger partial charge in [0.1, 0.15) is 0 Å². The van der Waals surface area contributed by atoms with Gasteiger partial charge in [0.25, 0.3) is 0 Å². The summed E-state index contributed by atoms with van der Waals surface area (Å²) in [7, 11) is 0. The maximum absolute atomic E-state index is 10.4. The van der Waals surface area contributed by atoms with Crippen LogP contribution in [0.3, 0.4) is 0 Å². The second-order valence-electron chi connectivity index (χ2n) is 6.75. The van der Waals surface area contributed by atoms with Gasteiger partial charge in [0.15, 0.2) is 0 Å². The van der Waals surface area contributed by atoms with E-state index >= 15 is 0 Å². The molecule has 1 heterocycles. The van der Waals surface area contributed by atoms with Crippen LogP contribution >= 0.6 is 0 Å². The molecule has 2 bridgehead atoms. The molecule has 1 saturated heterocycles. The highest BCUT2D eigenvalue weighted by atomic mass is 16.3. The molecule has 2 N–H and O–H groups in total. The monoisotopic (exact) mass is 237 g/mol. The molecular formula is C14H23NO2. The Bertz CT molecular complexity index is 319. The van der Waals surface area contributed by atoms with Gasteiger partial charge in [0.05, 0.1) is 12.2 Å². The molecule has 1 aliphatic heterocycles. The number of hydrogen-bond donors (Lipinski definition) is 2. The third kappa shape index (κ3) is 1.39. The first kappa shape index (κ1) is 10.8. The van der Waals surface area contributed by atoms with E-state index in [0.717, 1.165) is 31.2 Å². The number of aliphatic hydroxyl groups excluding tert-OH is 2. The van der Waals surface area contributed by atoms with Gasteiger partial charge in [-0.05, 0) is 43.4 Å². The summed E-state index contributed by atoms with van der Waals surface area (Å²) in [6, 6.07) is 0.726. The first-order valence-corrected chi connectivity index (χ1v) is 7.37. The Hall–Kier alpha value is -0.120. The maximum atomic E-state index is 10.4. The summed E-state index contributed by atoms with van der Waals surface area (Å²) >= 11 is 0. The molecule has 0 aromatic rings. The highest BCUT2D eigenvalue weighted by Crippen LogP contribution is 2.56. The molecule has 3 aliphatic carbocycles. The van der Waals surface area contributed by atoms with Crippen molar-refractivity contribution in [3.8, 4) is 0 Å². The van der Waals surface area contributed by atoms with Crippen molar-refractivity contribution >= 4 is 0 Å². The van der Waals surface area contributed by atoms with Crippen LogP contribution in [0.15, 0.2) is 0 Å². The van der Waals surface area contributed by atoms with E-state index in [-0.39, 0.29) is 12.2 Å². The lowest BCUT2D eigenvalue weighted by molar-refractivity contribution is -0.0213. The molecule has 4 rings (SSSR count). The first-order chi connectivity index (χ1) is 8.25. The Morgan fingerprint density at radius 2 is 1.76 bits per heavy atom. The fourth-order valence-corrected chi connectivity index (χ4v) is 5.31. The Balaban J connectivity index is 1.59. The van der Waals surface area contributed by atoms with Gasteiger partial charge in [-0.3, -0.25) is 4.90 Å². The van der Waals surface area contributed by atoms with Crippen LogP contribution in [0.1, 0.15) is 38.5 Å². The number of fused-ring (bicyclic) bond motifs is 1. The van der Waals surface area contributed by atoms with Crippen LogP contribution in [0.4, 0.5) is 0 Å². The average molecular weight is 237 g/mol. The van der Waals surface area contributed by atoms with E-state index in [4.69, 9.17) is 0 Å². The minimum Gasteiger partial charge on any atom is -0.391 e. The smallest absolute Gasteiger partial charge is 0.0726 e. The average Bonchev–Trinajstić information content (AvgIpc) is 2.90. The van der Waals surface area contributed by atoms with E-state index in [1.54, 1.807) is 0 Å². The summed E-state index contributed by atoms with van der Waals surface area (Å²) in [5.41, 5.74) is 0. The third-order valence-corrected chi connectivity index (χ3v) is 6.01. The summed E-state index contributed by atoms with van der Waals surface area (Å²) in [5, 5.41) is 20.6. The van der Waals surface area contributed by atoms with Crippen LogP contribution in [0.5, 0.6) is 0 Å². The SMILES string of the molecule is OC1C2CC3CN([C@@H]4CCCC[C@H]4O)C1C3C2. The maximum Gasteiger partial charge on any atom is 0.0726 e. The van der Waals surface area contributed by atoms with Crippen molar-refractivity contribution in [2.75, 3.05) is 6.54 Å². The van der Waals surface area contributed by atoms with Gasteiger partial charge in [-0.15, -0.1) is 0 Å². The van der Waals surface area contributed by atoms with E-state index in [1.165, 1.54) is 25.7 Å². The minimum absolute atomic E-state index is 0.104. The largest absolute Gasteiger partial charge is 0.391 e. The van der Waals surface area contributed by atoms with Crippen molar-refractivity contribution in [2.24, 2.45) is 17.8 Å². The first-order valence-electron chi connectivity index (χ1n) is 7.37. The molecule has 3 saturated carbocycles. The lowest BCUT2D eigenvalue weighted by atomic mass is 9.87. The lowest BCUT2D eigenvalue weighted by Crippen LogP contribution is -2.51. The zero-order valence-electron chi connectivity index (χ0n) is 10.3. The molecule has 4 aliphatic rings. The summed E-state index contributed by atoms with van der Waals surface area (Å²) in [4.78, 5) is 2.50. The number of likely N-dealkylation sites (tertiary alicyclic amines) is 1. The molecule has 3 nitrogen and oxygen atoms in total. The van der Waals surface area contributed by atoms with E-state index in [2.05, 4.69) is 4.90 Å². The molecule has 96 valence electrons. The molecule has 0 aromatic carbocycles. The van der Waals surface area contributed by atoms with Gasteiger partial charge in [-0.1, -0.05) is 12.8 Å². The van der Waals surface area contributed by atoms with Crippen LogP contribution in [0.2, 0.25) is 0 Å². The van der Waals surface area contributed by atoms with Crippen LogP contribution in [0, 0.1) is 17.8 Å². The van der Waals surface area contributed by atoms with Crippen molar-refractivity contribution in [1.82, 2.24) is 4.90 Å². The number of nitrogens with zero attached hydrogens (tertiary/aromatic N) is 1. The van der Waals surface area contributed by atoms with Crippen molar-refractivity contribution in [2.45, 2.75) is 62.8 Å². The van der Waals surface area contributed by atoms with E-state index in [9.17, 15) is 10.2 Å². The highest BCUT2D eigenvalue weighted by Gasteiger charge is 2.60. The fourth-order valence-electron chi connectivity index (χ4n) is 5.31. The van der Waals surface area contributed by atoms with Crippen molar-refractivity contribution < 1.29 is 10.2 Å². The third-order valence-electron chi connectivity index (χ3n) is 6.01. The quantitative estimate of drug-likeness (QED) is 0.715. The summed E-state index contributed by atoms with van der Waals surface area (Å²) in [6.45, 7) is 1.14. The Kier molecular flexibility index (Phi) is 2.34. The van der Waals surface area contributed by atoms with Crippen molar-refractivity contribution in [3.05, 3.63) is 0 Å². The van der Waals surface area contributed by atoms with Gasteiger partial charge in [0, 0.05) is 18.6 Å². The molecule has 5 unspecified atom stereocenters. The lowest BCUT2D eigenvalue weighted by Gasteiger charge is -2.39. The molecular weight excluding hydrogens is 214 g/mol. The van der Waals surface area contributed by atoms with Gasteiger partial charge in [-0.2, -0.15) is 0 Å². The number of hydrogen-bond acceptors (Lipinski definition) is 3. The standard InChI is InChI=1S/C14H23NO2/c16-12-4-2-1-3-11(12)15-7-9-5-8-6-10(9)13(15)14(8)17/h8-14,16-17H,1-7H2/t8?,9?,10?,11-,12-,13?,14?/m1/s1. The zero-order valence-corrected chi connectivity index (χ0v) is 10.3. The number of aliphatic hydroxyl groups is 2. The zero-order chi connectivity index (χ0) is 11.6. The minimum atomic E-state index is -0.146. The van der Waals surface area contributed by atoms with Gasteiger partial charge < -0.3 is 10.2 Å². The molecule has 7 atom stereocenters. The molecule has 17 heavy (non-hydrogen) atoms. The highest BCUT2D eigenvalue weighted by molar-refractivity contribution is 5.12. The Labute approximate surface area is 103 Å². The van der Waals surface area contributed by atoms with Crippen molar-refractivity contribution in [3.63, 3.8) is 0 Å². The molecule has 0 amide bonds. The molecule has 4 fully saturated rings. The van der Waals surface area contributed by atoms with E-state index in [0.29, 0.717) is 18.0 Å². The van der Waals surface area contributed by atoms with Gasteiger partial charge in [0.2, 0.25) is 0 Å². The van der Waals surface area contributed by atoms with Crippen LogP contribution < -0.4 is 0 Å². The van der Waals surface area contributed by atoms with Gasteiger partial charge in [-0.25, -0.2) is 0 Å².